The van der Waals surface area contributed by atoms with E-state index >= 15 is 0 Å². The number of hydrogen-bond acceptors (Lipinski definition) is 4. The van der Waals surface area contributed by atoms with Crippen LogP contribution in [0.25, 0.3) is 0 Å². The number of carboxylic acids is 1. The average Bonchev–Trinajstić information content (AvgIpc) is 3.16. The molecule has 0 radical (unpaired) electrons. The van der Waals surface area contributed by atoms with E-state index in [2.05, 4.69) is 5.32 Å². The highest BCUT2D eigenvalue weighted by Gasteiger charge is 2.44. The Kier molecular flexibility index (Phi) is 4.58. The third kappa shape index (κ3) is 3.03. The van der Waals surface area contributed by atoms with Crippen molar-refractivity contribution >= 4 is 17.4 Å². The Morgan fingerprint density at radius 1 is 1.14 bits per heavy atom. The molecule has 0 bridgehead atoms. The number of rotatable bonds is 3. The second-order valence-corrected chi connectivity index (χ2v) is 6.98. The molecule has 2 aromatic rings. The molecule has 4 rings (SSSR count). The molecule has 0 amide bonds. The van der Waals surface area contributed by atoms with Gasteiger partial charge >= 0.3 is 5.97 Å². The van der Waals surface area contributed by atoms with Gasteiger partial charge in [-0.2, -0.15) is 0 Å². The Balaban J connectivity index is 1.90. The van der Waals surface area contributed by atoms with Crippen LogP contribution in [-0.4, -0.2) is 36.1 Å². The first-order valence-corrected chi connectivity index (χ1v) is 8.77. The number of halogens is 3. The minimum absolute atomic E-state index is 0.0397. The molecule has 0 aromatic heterocycles. The molecule has 1 unspecified atom stereocenters. The summed E-state index contributed by atoms with van der Waals surface area (Å²) in [7, 11) is 0. The lowest BCUT2D eigenvalue weighted by Gasteiger charge is -2.37. The maximum Gasteiger partial charge on any atom is 0.336 e. The number of Topliss-reactive ketones (excluding diaryl/α,β-unsaturated/α-hetero) is 1. The van der Waals surface area contributed by atoms with Gasteiger partial charge in [-0.05, 0) is 24.6 Å². The van der Waals surface area contributed by atoms with Crippen LogP contribution in [0.4, 0.5) is 18.9 Å². The van der Waals surface area contributed by atoms with Gasteiger partial charge in [-0.3, -0.25) is 4.79 Å². The van der Waals surface area contributed by atoms with Crippen molar-refractivity contribution in [3.63, 3.8) is 0 Å². The maximum atomic E-state index is 14.5. The zero-order valence-corrected chi connectivity index (χ0v) is 14.5. The molecule has 3 atom stereocenters. The number of carbonyl (C=O) groups is 2. The lowest BCUT2D eigenvalue weighted by molar-refractivity contribution is 0.0689. The lowest BCUT2D eigenvalue weighted by Crippen LogP contribution is -2.44. The van der Waals surface area contributed by atoms with Crippen LogP contribution in [-0.2, 0) is 4.74 Å². The molecule has 2 aromatic carbocycles. The van der Waals surface area contributed by atoms with Crippen LogP contribution in [0.15, 0.2) is 30.3 Å². The molecular formula is C20H16F3NO4. The fraction of sp³-hybridized carbons (Fsp3) is 0.300. The van der Waals surface area contributed by atoms with E-state index in [-0.39, 0.29) is 22.7 Å². The summed E-state index contributed by atoms with van der Waals surface area (Å²) in [6, 6.07) is 4.09. The van der Waals surface area contributed by atoms with Crippen molar-refractivity contribution in [2.75, 3.05) is 18.5 Å². The van der Waals surface area contributed by atoms with E-state index in [0.717, 1.165) is 18.2 Å². The molecule has 0 aliphatic carbocycles. The molecule has 1 saturated heterocycles. The Bertz CT molecular complexity index is 972. The summed E-state index contributed by atoms with van der Waals surface area (Å²) in [6.07, 6.45) is 0.598. The van der Waals surface area contributed by atoms with Crippen molar-refractivity contribution in [3.05, 3.63) is 64.5 Å². The van der Waals surface area contributed by atoms with E-state index in [0.29, 0.717) is 25.7 Å². The normalized spacial score (nSPS) is 24.0. The van der Waals surface area contributed by atoms with Crippen molar-refractivity contribution < 1.29 is 32.6 Å². The van der Waals surface area contributed by atoms with Gasteiger partial charge in [-0.15, -0.1) is 0 Å². The van der Waals surface area contributed by atoms with E-state index in [1.165, 1.54) is 6.07 Å². The van der Waals surface area contributed by atoms with Gasteiger partial charge in [0.05, 0.1) is 23.7 Å². The number of fused-ring (bicyclic) bond motifs is 1. The lowest BCUT2D eigenvalue weighted by atomic mass is 9.74. The summed E-state index contributed by atoms with van der Waals surface area (Å²) in [5, 5.41) is 12.4. The minimum Gasteiger partial charge on any atom is -0.478 e. The third-order valence-corrected chi connectivity index (χ3v) is 5.31. The zero-order valence-electron chi connectivity index (χ0n) is 14.5. The molecule has 2 N–H and O–H groups in total. The summed E-state index contributed by atoms with van der Waals surface area (Å²) >= 11 is 0. The number of aromatic carboxylic acids is 1. The van der Waals surface area contributed by atoms with Gasteiger partial charge < -0.3 is 15.2 Å². The molecule has 5 nitrogen and oxygen atoms in total. The van der Waals surface area contributed by atoms with Gasteiger partial charge in [0.25, 0.3) is 0 Å². The van der Waals surface area contributed by atoms with Crippen molar-refractivity contribution in [2.45, 2.75) is 18.4 Å². The second kappa shape index (κ2) is 6.94. The van der Waals surface area contributed by atoms with Crippen molar-refractivity contribution in [3.8, 4) is 0 Å². The summed E-state index contributed by atoms with van der Waals surface area (Å²) in [6.45, 7) is 0.784. The van der Waals surface area contributed by atoms with E-state index in [1.54, 1.807) is 0 Å². The first-order valence-electron chi connectivity index (χ1n) is 8.77. The van der Waals surface area contributed by atoms with Crippen LogP contribution in [0.1, 0.15) is 38.6 Å². The molecule has 2 aliphatic heterocycles. The number of benzene rings is 2. The molecule has 0 spiro atoms. The maximum absolute atomic E-state index is 14.5. The molecule has 2 heterocycles. The summed E-state index contributed by atoms with van der Waals surface area (Å²) in [5.74, 6) is -5.87. The Morgan fingerprint density at radius 2 is 1.93 bits per heavy atom. The van der Waals surface area contributed by atoms with Crippen LogP contribution in [0.3, 0.4) is 0 Å². The number of ether oxygens (including phenoxy) is 1. The van der Waals surface area contributed by atoms with Crippen LogP contribution in [0.5, 0.6) is 0 Å². The molecule has 2 aliphatic rings. The van der Waals surface area contributed by atoms with E-state index in [4.69, 9.17) is 4.74 Å². The van der Waals surface area contributed by atoms with Crippen LogP contribution in [0, 0.1) is 23.4 Å². The van der Waals surface area contributed by atoms with Crippen molar-refractivity contribution in [1.29, 1.82) is 0 Å². The zero-order chi connectivity index (χ0) is 20.0. The topological polar surface area (TPSA) is 75.6 Å². The summed E-state index contributed by atoms with van der Waals surface area (Å²) < 4.78 is 47.2. The first-order chi connectivity index (χ1) is 13.4. The fourth-order valence-electron chi connectivity index (χ4n) is 4.05. The summed E-state index contributed by atoms with van der Waals surface area (Å²) in [4.78, 5) is 24.9. The monoisotopic (exact) mass is 391 g/mol. The number of carbonyl (C=O) groups excluding carboxylic acids is 1. The SMILES string of the molecule is O=C(O)c1cc(F)cc2c1C(=O)[C@H](c1ccc(F)cc1F)[C@@H](C1CCOC1)N2. The van der Waals surface area contributed by atoms with Crippen LogP contribution < -0.4 is 5.32 Å². The smallest absolute Gasteiger partial charge is 0.336 e. The van der Waals surface area contributed by atoms with Crippen LogP contribution in [0.2, 0.25) is 0 Å². The van der Waals surface area contributed by atoms with Gasteiger partial charge in [0, 0.05) is 35.9 Å². The van der Waals surface area contributed by atoms with Gasteiger partial charge in [-0.25, -0.2) is 18.0 Å². The number of ketones is 1. The number of carboxylic acid groups (broad SMARTS) is 1. The number of hydrogen-bond donors (Lipinski definition) is 2. The third-order valence-electron chi connectivity index (χ3n) is 5.31. The van der Waals surface area contributed by atoms with E-state index in [9.17, 15) is 27.9 Å². The molecular weight excluding hydrogens is 375 g/mol. The number of nitrogens with one attached hydrogen (secondary N) is 1. The van der Waals surface area contributed by atoms with E-state index < -0.39 is 46.7 Å². The molecule has 28 heavy (non-hydrogen) atoms. The average molecular weight is 391 g/mol. The molecule has 0 saturated carbocycles. The predicted molar refractivity (Wildman–Crippen MR) is 93.1 cm³/mol. The largest absolute Gasteiger partial charge is 0.478 e. The van der Waals surface area contributed by atoms with Gasteiger partial charge in [-0.1, -0.05) is 6.07 Å². The van der Waals surface area contributed by atoms with Crippen molar-refractivity contribution in [1.82, 2.24) is 0 Å². The predicted octanol–water partition coefficient (Wildman–Crippen LogP) is 3.60. The fourth-order valence-corrected chi connectivity index (χ4v) is 4.05. The highest BCUT2D eigenvalue weighted by atomic mass is 19.1. The highest BCUT2D eigenvalue weighted by Crippen LogP contribution is 2.42. The Morgan fingerprint density at radius 3 is 2.57 bits per heavy atom. The molecule has 8 heteroatoms. The summed E-state index contributed by atoms with van der Waals surface area (Å²) in [5.41, 5.74) is -0.695. The first kappa shape index (κ1) is 18.5. The Labute approximate surface area is 158 Å². The van der Waals surface area contributed by atoms with Gasteiger partial charge in [0.1, 0.15) is 17.5 Å². The van der Waals surface area contributed by atoms with Crippen LogP contribution >= 0.6 is 0 Å². The van der Waals surface area contributed by atoms with Gasteiger partial charge in [0.2, 0.25) is 0 Å². The second-order valence-electron chi connectivity index (χ2n) is 6.98. The quantitative estimate of drug-likeness (QED) is 0.836. The highest BCUT2D eigenvalue weighted by molar-refractivity contribution is 6.14. The minimum atomic E-state index is -1.47. The van der Waals surface area contributed by atoms with Gasteiger partial charge in [0.15, 0.2) is 5.78 Å². The standard InChI is InChI=1S/C20H16F3NO4/c21-10-1-2-12(14(23)6-10)17-18(9-3-4-28-8-9)24-15-7-11(22)5-13(20(26)27)16(15)19(17)25/h1-2,5-7,9,17-18,24H,3-4,8H2,(H,26,27)/t9?,17-,18-/m1/s1. The Hall–Kier alpha value is -2.87. The van der Waals surface area contributed by atoms with E-state index in [1.807, 2.05) is 0 Å². The number of anilines is 1. The van der Waals surface area contributed by atoms with Crippen molar-refractivity contribution in [2.24, 2.45) is 5.92 Å². The molecule has 1 fully saturated rings. The molecule has 146 valence electrons.